The molecule has 1 heterocycles. The van der Waals surface area contributed by atoms with Gasteiger partial charge in [0.1, 0.15) is 0 Å². The lowest BCUT2D eigenvalue weighted by Gasteiger charge is -2.31. The van der Waals surface area contributed by atoms with Crippen molar-refractivity contribution >= 4 is 0 Å². The second kappa shape index (κ2) is 3.73. The zero-order valence-electron chi connectivity index (χ0n) is 9.78. The number of nitrogens with zero attached hydrogens (tertiary/aromatic N) is 2. The normalized spacial score (nSPS) is 16.7. The zero-order chi connectivity index (χ0) is 10.9. The first-order chi connectivity index (χ1) is 6.32. The van der Waals surface area contributed by atoms with E-state index < -0.39 is 0 Å². The van der Waals surface area contributed by atoms with Crippen LogP contribution in [0.4, 0.5) is 0 Å². The molecule has 0 saturated heterocycles. The average Bonchev–Trinajstić information content (AvgIpc) is 2.47. The number of aryl methyl sites for hydroxylation is 1. The maximum Gasteiger partial charge on any atom is 0.0537 e. The van der Waals surface area contributed by atoms with Crippen molar-refractivity contribution < 1.29 is 0 Å². The van der Waals surface area contributed by atoms with Gasteiger partial charge in [0.15, 0.2) is 0 Å². The lowest BCUT2D eigenvalue weighted by molar-refractivity contribution is 0.222. The standard InChI is InChI=1S/C11H21N3/c1-8(11(2,3)4)10(12)9-6-13-14(5)7-9/h6-8,10H,12H2,1-5H3. The molecule has 0 spiro atoms. The van der Waals surface area contributed by atoms with Gasteiger partial charge in [0.05, 0.1) is 6.20 Å². The third kappa shape index (κ3) is 2.35. The first-order valence-electron chi connectivity index (χ1n) is 5.06. The molecule has 0 aliphatic rings. The lowest BCUT2D eigenvalue weighted by Crippen LogP contribution is -2.29. The predicted octanol–water partition coefficient (Wildman–Crippen LogP) is 2.10. The van der Waals surface area contributed by atoms with Crippen LogP contribution in [0.5, 0.6) is 0 Å². The Bertz CT molecular complexity index is 296. The van der Waals surface area contributed by atoms with E-state index in [-0.39, 0.29) is 11.5 Å². The minimum absolute atomic E-state index is 0.0729. The molecule has 1 aromatic heterocycles. The summed E-state index contributed by atoms with van der Waals surface area (Å²) in [6, 6.07) is 0.0729. The van der Waals surface area contributed by atoms with Gasteiger partial charge in [-0.25, -0.2) is 0 Å². The van der Waals surface area contributed by atoms with Crippen LogP contribution in [0.15, 0.2) is 12.4 Å². The van der Waals surface area contributed by atoms with E-state index in [1.165, 1.54) is 0 Å². The Kier molecular flexibility index (Phi) is 3.00. The van der Waals surface area contributed by atoms with Crippen molar-refractivity contribution in [1.82, 2.24) is 9.78 Å². The Labute approximate surface area is 86.3 Å². The number of aromatic nitrogens is 2. The highest BCUT2D eigenvalue weighted by molar-refractivity contribution is 5.11. The van der Waals surface area contributed by atoms with E-state index in [0.717, 1.165) is 5.56 Å². The van der Waals surface area contributed by atoms with Crippen LogP contribution in [0.1, 0.15) is 39.3 Å². The zero-order valence-corrected chi connectivity index (χ0v) is 9.78. The third-order valence-corrected chi connectivity index (χ3v) is 3.01. The van der Waals surface area contributed by atoms with E-state index in [1.54, 1.807) is 4.68 Å². The largest absolute Gasteiger partial charge is 0.324 e. The molecule has 2 N–H and O–H groups in total. The highest BCUT2D eigenvalue weighted by atomic mass is 15.2. The van der Waals surface area contributed by atoms with E-state index in [9.17, 15) is 0 Å². The molecule has 1 rings (SSSR count). The minimum atomic E-state index is 0.0729. The highest BCUT2D eigenvalue weighted by Gasteiger charge is 2.27. The fourth-order valence-corrected chi connectivity index (χ4v) is 1.44. The Balaban J connectivity index is 2.80. The summed E-state index contributed by atoms with van der Waals surface area (Å²) < 4.78 is 1.80. The van der Waals surface area contributed by atoms with Crippen LogP contribution in [0.25, 0.3) is 0 Å². The van der Waals surface area contributed by atoms with Crippen LogP contribution in [0.2, 0.25) is 0 Å². The van der Waals surface area contributed by atoms with Gasteiger partial charge >= 0.3 is 0 Å². The van der Waals surface area contributed by atoms with Crippen molar-refractivity contribution in [3.05, 3.63) is 18.0 Å². The Morgan fingerprint density at radius 3 is 2.36 bits per heavy atom. The van der Waals surface area contributed by atoms with Gasteiger partial charge in [0.25, 0.3) is 0 Å². The molecular formula is C11H21N3. The van der Waals surface area contributed by atoms with Crippen molar-refractivity contribution in [2.24, 2.45) is 24.1 Å². The monoisotopic (exact) mass is 195 g/mol. The van der Waals surface area contributed by atoms with Crippen LogP contribution in [0.3, 0.4) is 0 Å². The molecule has 0 saturated carbocycles. The highest BCUT2D eigenvalue weighted by Crippen LogP contribution is 2.34. The molecule has 14 heavy (non-hydrogen) atoms. The smallest absolute Gasteiger partial charge is 0.0537 e. The van der Waals surface area contributed by atoms with Gasteiger partial charge in [-0.2, -0.15) is 5.10 Å². The second-order valence-corrected chi connectivity index (χ2v) is 5.13. The van der Waals surface area contributed by atoms with Gasteiger partial charge in [0.2, 0.25) is 0 Å². The number of nitrogens with two attached hydrogens (primary N) is 1. The third-order valence-electron chi connectivity index (χ3n) is 3.01. The summed E-state index contributed by atoms with van der Waals surface area (Å²) in [6.45, 7) is 8.84. The molecule has 80 valence electrons. The summed E-state index contributed by atoms with van der Waals surface area (Å²) in [5.41, 5.74) is 7.54. The predicted molar refractivity (Wildman–Crippen MR) is 58.8 cm³/mol. The second-order valence-electron chi connectivity index (χ2n) is 5.13. The number of rotatable bonds is 2. The first kappa shape index (κ1) is 11.2. The van der Waals surface area contributed by atoms with Gasteiger partial charge in [-0.05, 0) is 11.3 Å². The summed E-state index contributed by atoms with van der Waals surface area (Å²) in [5, 5.41) is 4.14. The molecule has 0 fully saturated rings. The van der Waals surface area contributed by atoms with Crippen molar-refractivity contribution in [3.63, 3.8) is 0 Å². The summed E-state index contributed by atoms with van der Waals surface area (Å²) in [5.74, 6) is 0.437. The molecule has 0 aliphatic heterocycles. The Morgan fingerprint density at radius 1 is 1.43 bits per heavy atom. The molecule has 0 aliphatic carbocycles. The quantitative estimate of drug-likeness (QED) is 0.785. The van der Waals surface area contributed by atoms with Crippen LogP contribution in [-0.4, -0.2) is 9.78 Å². The number of hydrogen-bond donors (Lipinski definition) is 1. The summed E-state index contributed by atoms with van der Waals surface area (Å²) >= 11 is 0. The summed E-state index contributed by atoms with van der Waals surface area (Å²) in [6.07, 6.45) is 3.85. The molecule has 0 bridgehead atoms. The van der Waals surface area contributed by atoms with E-state index in [0.29, 0.717) is 5.92 Å². The van der Waals surface area contributed by atoms with Crippen LogP contribution >= 0.6 is 0 Å². The van der Waals surface area contributed by atoms with Gasteiger partial charge in [-0.15, -0.1) is 0 Å². The molecule has 2 unspecified atom stereocenters. The van der Waals surface area contributed by atoms with E-state index in [4.69, 9.17) is 5.73 Å². The van der Waals surface area contributed by atoms with E-state index in [2.05, 4.69) is 32.8 Å². The molecule has 2 atom stereocenters. The summed E-state index contributed by atoms with van der Waals surface area (Å²) in [7, 11) is 1.91. The van der Waals surface area contributed by atoms with Crippen LogP contribution in [0, 0.1) is 11.3 Å². The molecular weight excluding hydrogens is 174 g/mol. The number of hydrogen-bond acceptors (Lipinski definition) is 2. The van der Waals surface area contributed by atoms with Gasteiger partial charge in [-0.1, -0.05) is 27.7 Å². The maximum atomic E-state index is 6.18. The average molecular weight is 195 g/mol. The van der Waals surface area contributed by atoms with Crippen molar-refractivity contribution in [3.8, 4) is 0 Å². The minimum Gasteiger partial charge on any atom is -0.324 e. The maximum absolute atomic E-state index is 6.18. The molecule has 0 aromatic carbocycles. The van der Waals surface area contributed by atoms with E-state index in [1.807, 2.05) is 19.4 Å². The van der Waals surface area contributed by atoms with E-state index >= 15 is 0 Å². The van der Waals surface area contributed by atoms with Crippen molar-refractivity contribution in [1.29, 1.82) is 0 Å². The molecule has 1 aromatic rings. The molecule has 3 heteroatoms. The fraction of sp³-hybridized carbons (Fsp3) is 0.727. The van der Waals surface area contributed by atoms with Gasteiger partial charge in [0, 0.05) is 24.8 Å². The molecule has 0 amide bonds. The fourth-order valence-electron chi connectivity index (χ4n) is 1.44. The molecule has 3 nitrogen and oxygen atoms in total. The van der Waals surface area contributed by atoms with Crippen molar-refractivity contribution in [2.75, 3.05) is 0 Å². The summed E-state index contributed by atoms with van der Waals surface area (Å²) in [4.78, 5) is 0. The first-order valence-corrected chi connectivity index (χ1v) is 5.06. The Hall–Kier alpha value is -0.830. The van der Waals surface area contributed by atoms with Crippen LogP contribution < -0.4 is 5.73 Å². The SMILES string of the molecule is CC(C(N)c1cnn(C)c1)C(C)(C)C. The Morgan fingerprint density at radius 2 is 2.00 bits per heavy atom. The van der Waals surface area contributed by atoms with Crippen LogP contribution in [-0.2, 0) is 7.05 Å². The van der Waals surface area contributed by atoms with Crippen molar-refractivity contribution in [2.45, 2.75) is 33.7 Å². The topological polar surface area (TPSA) is 43.8 Å². The lowest BCUT2D eigenvalue weighted by atomic mass is 9.76. The van der Waals surface area contributed by atoms with Gasteiger partial charge < -0.3 is 5.73 Å². The van der Waals surface area contributed by atoms with Gasteiger partial charge in [-0.3, -0.25) is 4.68 Å². The molecule has 0 radical (unpaired) electrons.